The van der Waals surface area contributed by atoms with Gasteiger partial charge in [-0.3, -0.25) is 9.88 Å². The summed E-state index contributed by atoms with van der Waals surface area (Å²) in [6.07, 6.45) is 4.58. The van der Waals surface area contributed by atoms with E-state index >= 15 is 0 Å². The summed E-state index contributed by atoms with van der Waals surface area (Å²) < 4.78 is 0. The largest absolute Gasteiger partial charge is 0.353 e. The molecule has 124 valence electrons. The first-order valence-corrected chi connectivity index (χ1v) is 9.19. The number of fused-ring (bicyclic) bond motifs is 1. The molecule has 6 heteroatoms. The summed E-state index contributed by atoms with van der Waals surface area (Å²) in [4.78, 5) is 20.7. The Balaban J connectivity index is 1.39. The van der Waals surface area contributed by atoms with E-state index in [0.29, 0.717) is 0 Å². The third-order valence-electron chi connectivity index (χ3n) is 4.51. The van der Waals surface area contributed by atoms with Crippen molar-refractivity contribution in [1.29, 1.82) is 0 Å². The number of aromatic nitrogens is 3. The number of hydrogen-bond donors (Lipinski definition) is 0. The van der Waals surface area contributed by atoms with E-state index < -0.39 is 0 Å². The molecule has 0 radical (unpaired) electrons. The molecule has 1 fully saturated rings. The standard InChI is InChI=1S/C18H21N5S/c1-14-12-16-17(20-13-21-18(16)24-14)23-10-8-22(9-11-23)7-5-15-4-2-3-6-19-15/h2-4,6,12-13H,5,7-11H2,1H3. The van der Waals surface area contributed by atoms with E-state index in [2.05, 4.69) is 49.9 Å². The van der Waals surface area contributed by atoms with E-state index in [4.69, 9.17) is 0 Å². The van der Waals surface area contributed by atoms with Crippen LogP contribution in [-0.4, -0.2) is 52.6 Å². The Morgan fingerprint density at radius 2 is 1.96 bits per heavy atom. The van der Waals surface area contributed by atoms with Crippen LogP contribution in [0.4, 0.5) is 5.82 Å². The van der Waals surface area contributed by atoms with Gasteiger partial charge in [-0.2, -0.15) is 0 Å². The summed E-state index contributed by atoms with van der Waals surface area (Å²) in [5.74, 6) is 1.09. The zero-order valence-electron chi connectivity index (χ0n) is 13.9. The molecule has 5 nitrogen and oxygen atoms in total. The molecule has 0 aliphatic carbocycles. The van der Waals surface area contributed by atoms with Gasteiger partial charge in [0.05, 0.1) is 5.39 Å². The van der Waals surface area contributed by atoms with Crippen LogP contribution < -0.4 is 4.90 Å². The van der Waals surface area contributed by atoms with Crippen LogP contribution >= 0.6 is 11.3 Å². The van der Waals surface area contributed by atoms with Gasteiger partial charge in [0.15, 0.2) is 0 Å². The van der Waals surface area contributed by atoms with Crippen molar-refractivity contribution < 1.29 is 0 Å². The Kier molecular flexibility index (Phi) is 4.40. The van der Waals surface area contributed by atoms with Crippen molar-refractivity contribution in [3.63, 3.8) is 0 Å². The average Bonchev–Trinajstić information content (AvgIpc) is 3.01. The third-order valence-corrected chi connectivity index (χ3v) is 5.47. The van der Waals surface area contributed by atoms with E-state index in [-0.39, 0.29) is 0 Å². The normalized spacial score (nSPS) is 16.0. The van der Waals surface area contributed by atoms with Crippen molar-refractivity contribution >= 4 is 27.4 Å². The van der Waals surface area contributed by atoms with E-state index in [0.717, 1.165) is 49.8 Å². The maximum atomic E-state index is 4.56. The maximum absolute atomic E-state index is 4.56. The molecular formula is C18H21N5S. The van der Waals surface area contributed by atoms with Crippen LogP contribution in [0, 0.1) is 6.92 Å². The summed E-state index contributed by atoms with van der Waals surface area (Å²) >= 11 is 1.74. The van der Waals surface area contributed by atoms with E-state index in [1.807, 2.05) is 12.3 Å². The molecule has 0 aromatic carbocycles. The zero-order valence-corrected chi connectivity index (χ0v) is 14.7. The Labute approximate surface area is 146 Å². The SMILES string of the molecule is Cc1cc2c(N3CCN(CCc4ccccn4)CC3)ncnc2s1. The Morgan fingerprint density at radius 3 is 2.75 bits per heavy atom. The molecule has 1 aliphatic rings. The molecule has 0 spiro atoms. The van der Waals surface area contributed by atoms with Crippen molar-refractivity contribution in [1.82, 2.24) is 19.9 Å². The minimum Gasteiger partial charge on any atom is -0.353 e. The van der Waals surface area contributed by atoms with Gasteiger partial charge in [0, 0.05) is 55.9 Å². The van der Waals surface area contributed by atoms with Crippen LogP contribution in [0.1, 0.15) is 10.6 Å². The molecule has 3 aromatic heterocycles. The second-order valence-electron chi connectivity index (χ2n) is 6.17. The second-order valence-corrected chi connectivity index (χ2v) is 7.41. The van der Waals surface area contributed by atoms with E-state index in [9.17, 15) is 0 Å². The van der Waals surface area contributed by atoms with E-state index in [1.165, 1.54) is 16.0 Å². The highest BCUT2D eigenvalue weighted by Crippen LogP contribution is 2.30. The molecule has 1 saturated heterocycles. The van der Waals surface area contributed by atoms with Crippen molar-refractivity contribution in [3.8, 4) is 0 Å². The number of nitrogens with zero attached hydrogens (tertiary/aromatic N) is 5. The van der Waals surface area contributed by atoms with Gasteiger partial charge in [0.2, 0.25) is 0 Å². The first kappa shape index (κ1) is 15.5. The predicted octanol–water partition coefficient (Wildman–Crippen LogP) is 2.76. The molecule has 0 saturated carbocycles. The van der Waals surface area contributed by atoms with Crippen molar-refractivity contribution in [2.45, 2.75) is 13.3 Å². The smallest absolute Gasteiger partial charge is 0.140 e. The lowest BCUT2D eigenvalue weighted by Crippen LogP contribution is -2.47. The highest BCUT2D eigenvalue weighted by molar-refractivity contribution is 7.18. The first-order chi connectivity index (χ1) is 11.8. The molecule has 0 unspecified atom stereocenters. The lowest BCUT2D eigenvalue weighted by atomic mass is 10.2. The number of anilines is 1. The van der Waals surface area contributed by atoms with Crippen LogP contribution in [-0.2, 0) is 6.42 Å². The van der Waals surface area contributed by atoms with Gasteiger partial charge >= 0.3 is 0 Å². The summed E-state index contributed by atoms with van der Waals surface area (Å²) in [5, 5.41) is 1.20. The lowest BCUT2D eigenvalue weighted by Gasteiger charge is -2.35. The van der Waals surface area contributed by atoms with Crippen molar-refractivity contribution in [3.05, 3.63) is 47.4 Å². The van der Waals surface area contributed by atoms with Gasteiger partial charge in [-0.15, -0.1) is 11.3 Å². The highest BCUT2D eigenvalue weighted by Gasteiger charge is 2.20. The predicted molar refractivity (Wildman–Crippen MR) is 98.7 cm³/mol. The molecule has 1 aliphatic heterocycles. The summed E-state index contributed by atoms with van der Waals surface area (Å²) in [6.45, 7) is 7.38. The minimum absolute atomic E-state index is 1.02. The van der Waals surface area contributed by atoms with Crippen LogP contribution in [0.25, 0.3) is 10.2 Å². The maximum Gasteiger partial charge on any atom is 0.140 e. The summed E-state index contributed by atoms with van der Waals surface area (Å²) in [6, 6.07) is 8.34. The quantitative estimate of drug-likeness (QED) is 0.731. The van der Waals surface area contributed by atoms with Crippen LogP contribution in [0.15, 0.2) is 36.8 Å². The number of aryl methyl sites for hydroxylation is 1. The number of piperazine rings is 1. The lowest BCUT2D eigenvalue weighted by molar-refractivity contribution is 0.260. The molecule has 0 atom stereocenters. The fraction of sp³-hybridized carbons (Fsp3) is 0.389. The van der Waals surface area contributed by atoms with E-state index in [1.54, 1.807) is 17.7 Å². The summed E-state index contributed by atoms with van der Waals surface area (Å²) in [5.41, 5.74) is 1.17. The fourth-order valence-electron chi connectivity index (χ4n) is 3.22. The molecular weight excluding hydrogens is 318 g/mol. The minimum atomic E-state index is 1.02. The van der Waals surface area contributed by atoms with Crippen LogP contribution in [0.5, 0.6) is 0 Å². The zero-order chi connectivity index (χ0) is 16.4. The Morgan fingerprint density at radius 1 is 1.08 bits per heavy atom. The topological polar surface area (TPSA) is 45.2 Å². The molecule has 3 aromatic rings. The number of rotatable bonds is 4. The number of thiophene rings is 1. The fourth-order valence-corrected chi connectivity index (χ4v) is 4.06. The average molecular weight is 339 g/mol. The molecule has 4 rings (SSSR count). The van der Waals surface area contributed by atoms with Gasteiger partial charge in [0.1, 0.15) is 17.0 Å². The van der Waals surface area contributed by atoms with Crippen molar-refractivity contribution in [2.24, 2.45) is 0 Å². The van der Waals surface area contributed by atoms with Gasteiger partial charge in [-0.1, -0.05) is 6.07 Å². The molecule has 0 bridgehead atoms. The van der Waals surface area contributed by atoms with Crippen molar-refractivity contribution in [2.75, 3.05) is 37.6 Å². The van der Waals surface area contributed by atoms with Gasteiger partial charge in [-0.05, 0) is 25.1 Å². The Hall–Kier alpha value is -2.05. The monoisotopic (exact) mass is 339 g/mol. The molecule has 0 amide bonds. The summed E-state index contributed by atoms with van der Waals surface area (Å²) in [7, 11) is 0. The Bertz CT molecular complexity index is 809. The van der Waals surface area contributed by atoms with Gasteiger partial charge in [-0.25, -0.2) is 9.97 Å². The van der Waals surface area contributed by atoms with Gasteiger partial charge < -0.3 is 4.90 Å². The van der Waals surface area contributed by atoms with Gasteiger partial charge in [0.25, 0.3) is 0 Å². The molecule has 24 heavy (non-hydrogen) atoms. The third kappa shape index (κ3) is 3.25. The van der Waals surface area contributed by atoms with Crippen LogP contribution in [0.2, 0.25) is 0 Å². The molecule has 0 N–H and O–H groups in total. The second kappa shape index (κ2) is 6.83. The number of pyridine rings is 1. The van der Waals surface area contributed by atoms with Crippen LogP contribution in [0.3, 0.4) is 0 Å². The molecule has 4 heterocycles. The first-order valence-electron chi connectivity index (χ1n) is 8.38. The highest BCUT2D eigenvalue weighted by atomic mass is 32.1. The number of hydrogen-bond acceptors (Lipinski definition) is 6.